The van der Waals surface area contributed by atoms with Crippen molar-refractivity contribution in [1.29, 1.82) is 0 Å². The summed E-state index contributed by atoms with van der Waals surface area (Å²) in [4.78, 5) is 30.9. The molecule has 0 saturated heterocycles. The molecule has 0 bridgehead atoms. The number of fused-ring (bicyclic) bond motifs is 1. The van der Waals surface area contributed by atoms with Gasteiger partial charge in [-0.25, -0.2) is 9.37 Å². The number of rotatable bonds is 4. The highest BCUT2D eigenvalue weighted by Crippen LogP contribution is 2.33. The molecule has 8 heteroatoms. The molecule has 0 radical (unpaired) electrons. The highest BCUT2D eigenvalue weighted by molar-refractivity contribution is 5.95. The van der Waals surface area contributed by atoms with Crippen molar-refractivity contribution in [3.8, 4) is 11.3 Å². The SMILES string of the molecule is CC(=O)Nc1ccc(C(=O)N2CCn3c(nc(-c4ccc(F)cc4)c3NC(C)(C)C)C2)cc1. The van der Waals surface area contributed by atoms with E-state index in [-0.39, 0.29) is 23.2 Å². The van der Waals surface area contributed by atoms with Crippen molar-refractivity contribution in [2.75, 3.05) is 17.2 Å². The molecule has 2 aromatic carbocycles. The minimum absolute atomic E-state index is 0.0905. The van der Waals surface area contributed by atoms with Crippen LogP contribution in [-0.2, 0) is 17.9 Å². The summed E-state index contributed by atoms with van der Waals surface area (Å²) >= 11 is 0. The van der Waals surface area contributed by atoms with Crippen LogP contribution in [0.5, 0.6) is 0 Å². The van der Waals surface area contributed by atoms with Gasteiger partial charge in [-0.2, -0.15) is 0 Å². The molecular weight excluding hydrogens is 421 g/mol. The predicted octanol–water partition coefficient (Wildman–Crippen LogP) is 4.51. The minimum Gasteiger partial charge on any atom is -0.365 e. The second-order valence-electron chi connectivity index (χ2n) is 9.24. The van der Waals surface area contributed by atoms with E-state index in [9.17, 15) is 14.0 Å². The van der Waals surface area contributed by atoms with E-state index < -0.39 is 0 Å². The van der Waals surface area contributed by atoms with Gasteiger partial charge in [-0.1, -0.05) is 0 Å². The normalized spacial score (nSPS) is 13.4. The highest BCUT2D eigenvalue weighted by Gasteiger charge is 2.29. The minimum atomic E-state index is -0.297. The maximum Gasteiger partial charge on any atom is 0.254 e. The lowest BCUT2D eigenvalue weighted by molar-refractivity contribution is -0.114. The smallest absolute Gasteiger partial charge is 0.254 e. The molecule has 0 atom stereocenters. The number of nitrogens with one attached hydrogen (secondary N) is 2. The molecule has 0 fully saturated rings. The predicted molar refractivity (Wildman–Crippen MR) is 126 cm³/mol. The van der Waals surface area contributed by atoms with Crippen LogP contribution in [0.1, 0.15) is 43.9 Å². The van der Waals surface area contributed by atoms with Crippen LogP contribution in [0.15, 0.2) is 48.5 Å². The van der Waals surface area contributed by atoms with Gasteiger partial charge in [0.25, 0.3) is 5.91 Å². The Kier molecular flexibility index (Phi) is 5.93. The highest BCUT2D eigenvalue weighted by atomic mass is 19.1. The van der Waals surface area contributed by atoms with Crippen LogP contribution in [0.25, 0.3) is 11.3 Å². The lowest BCUT2D eigenvalue weighted by Gasteiger charge is -2.30. The Morgan fingerprint density at radius 3 is 2.27 bits per heavy atom. The molecule has 4 rings (SSSR count). The van der Waals surface area contributed by atoms with Crippen LogP contribution in [0.2, 0.25) is 0 Å². The Morgan fingerprint density at radius 2 is 1.67 bits per heavy atom. The number of carbonyl (C=O) groups excluding carboxylic acids is 2. The molecule has 2 N–H and O–H groups in total. The molecule has 0 aliphatic carbocycles. The zero-order valence-corrected chi connectivity index (χ0v) is 19.3. The van der Waals surface area contributed by atoms with Gasteiger partial charge in [0.2, 0.25) is 5.91 Å². The first-order chi connectivity index (χ1) is 15.6. The zero-order chi connectivity index (χ0) is 23.8. The van der Waals surface area contributed by atoms with E-state index in [1.54, 1.807) is 41.3 Å². The molecule has 1 aromatic heterocycles. The van der Waals surface area contributed by atoms with E-state index in [2.05, 4.69) is 36.0 Å². The van der Waals surface area contributed by atoms with Gasteiger partial charge in [-0.3, -0.25) is 9.59 Å². The van der Waals surface area contributed by atoms with Crippen molar-refractivity contribution in [2.24, 2.45) is 0 Å². The number of anilines is 2. The zero-order valence-electron chi connectivity index (χ0n) is 19.3. The van der Waals surface area contributed by atoms with Gasteiger partial charge in [0.05, 0.1) is 6.54 Å². The van der Waals surface area contributed by atoms with Gasteiger partial charge in [0, 0.05) is 42.4 Å². The monoisotopic (exact) mass is 449 g/mol. The molecule has 2 amide bonds. The molecule has 1 aliphatic heterocycles. The largest absolute Gasteiger partial charge is 0.365 e. The summed E-state index contributed by atoms with van der Waals surface area (Å²) in [5.74, 6) is 1.10. The first kappa shape index (κ1) is 22.5. The topological polar surface area (TPSA) is 79.3 Å². The number of imidazole rings is 1. The third-order valence-electron chi connectivity index (χ3n) is 5.32. The number of hydrogen-bond donors (Lipinski definition) is 2. The van der Waals surface area contributed by atoms with Gasteiger partial charge in [-0.05, 0) is 69.3 Å². The fraction of sp³-hybridized carbons (Fsp3) is 0.320. The molecule has 172 valence electrons. The van der Waals surface area contributed by atoms with E-state index in [0.717, 1.165) is 22.9 Å². The molecule has 33 heavy (non-hydrogen) atoms. The standard InChI is InChI=1S/C25H28FN5O2/c1-16(32)27-20-11-7-18(8-12-20)24(33)30-13-14-31-21(15-30)28-22(23(31)29-25(2,3)4)17-5-9-19(26)10-6-17/h5-12,29H,13-15H2,1-4H3,(H,27,32). The van der Waals surface area contributed by atoms with Crippen LogP contribution < -0.4 is 10.6 Å². The summed E-state index contributed by atoms with van der Waals surface area (Å²) in [5.41, 5.74) is 2.56. The second-order valence-corrected chi connectivity index (χ2v) is 9.24. The summed E-state index contributed by atoms with van der Waals surface area (Å²) in [6.45, 7) is 9.17. The average molecular weight is 450 g/mol. The van der Waals surface area contributed by atoms with E-state index in [1.807, 2.05) is 0 Å². The number of hydrogen-bond acceptors (Lipinski definition) is 4. The quantitative estimate of drug-likeness (QED) is 0.614. The van der Waals surface area contributed by atoms with Gasteiger partial charge < -0.3 is 20.1 Å². The molecule has 0 saturated carbocycles. The van der Waals surface area contributed by atoms with E-state index in [1.165, 1.54) is 19.1 Å². The van der Waals surface area contributed by atoms with Crippen molar-refractivity contribution in [3.05, 3.63) is 65.7 Å². The van der Waals surface area contributed by atoms with Crippen LogP contribution in [-0.4, -0.2) is 38.3 Å². The number of halogens is 1. The maximum absolute atomic E-state index is 13.5. The third kappa shape index (κ3) is 5.05. The first-order valence-electron chi connectivity index (χ1n) is 10.9. The molecular formula is C25H28FN5O2. The Balaban J connectivity index is 1.61. The Morgan fingerprint density at radius 1 is 1.00 bits per heavy atom. The van der Waals surface area contributed by atoms with E-state index >= 15 is 0 Å². The van der Waals surface area contributed by atoms with Crippen molar-refractivity contribution in [2.45, 2.75) is 46.3 Å². The molecule has 0 unspecified atom stereocenters. The van der Waals surface area contributed by atoms with Crippen molar-refractivity contribution in [3.63, 3.8) is 0 Å². The van der Waals surface area contributed by atoms with Crippen molar-refractivity contribution >= 4 is 23.3 Å². The lowest BCUT2D eigenvalue weighted by atomic mass is 10.1. The number of amides is 2. The third-order valence-corrected chi connectivity index (χ3v) is 5.32. The van der Waals surface area contributed by atoms with Crippen molar-refractivity contribution in [1.82, 2.24) is 14.5 Å². The molecule has 0 spiro atoms. The fourth-order valence-electron chi connectivity index (χ4n) is 3.88. The fourth-order valence-corrected chi connectivity index (χ4v) is 3.88. The van der Waals surface area contributed by atoms with Crippen LogP contribution in [0, 0.1) is 5.82 Å². The summed E-state index contributed by atoms with van der Waals surface area (Å²) < 4.78 is 15.6. The van der Waals surface area contributed by atoms with Crippen molar-refractivity contribution < 1.29 is 14.0 Å². The first-order valence-corrected chi connectivity index (χ1v) is 10.9. The number of nitrogens with zero attached hydrogens (tertiary/aromatic N) is 3. The Labute approximate surface area is 192 Å². The molecule has 1 aliphatic rings. The molecule has 7 nitrogen and oxygen atoms in total. The number of benzene rings is 2. The summed E-state index contributed by atoms with van der Waals surface area (Å²) in [7, 11) is 0. The van der Waals surface area contributed by atoms with E-state index in [0.29, 0.717) is 30.9 Å². The van der Waals surface area contributed by atoms with Gasteiger partial charge in [0.15, 0.2) is 0 Å². The van der Waals surface area contributed by atoms with Gasteiger partial charge in [-0.15, -0.1) is 0 Å². The summed E-state index contributed by atoms with van der Waals surface area (Å²) in [6, 6.07) is 13.2. The molecule has 2 heterocycles. The van der Waals surface area contributed by atoms with Gasteiger partial charge in [0.1, 0.15) is 23.2 Å². The van der Waals surface area contributed by atoms with Crippen LogP contribution in [0.3, 0.4) is 0 Å². The average Bonchev–Trinajstić information content (AvgIpc) is 3.10. The Hall–Kier alpha value is -3.68. The van der Waals surface area contributed by atoms with E-state index in [4.69, 9.17) is 4.98 Å². The van der Waals surface area contributed by atoms with Crippen LogP contribution >= 0.6 is 0 Å². The summed E-state index contributed by atoms with van der Waals surface area (Å²) in [6.07, 6.45) is 0. The second kappa shape index (κ2) is 8.69. The van der Waals surface area contributed by atoms with Crippen LogP contribution in [0.4, 0.5) is 15.9 Å². The lowest BCUT2D eigenvalue weighted by Crippen LogP contribution is -2.39. The Bertz CT molecular complexity index is 1180. The number of aromatic nitrogens is 2. The van der Waals surface area contributed by atoms with Gasteiger partial charge >= 0.3 is 0 Å². The maximum atomic E-state index is 13.5. The molecule has 3 aromatic rings. The number of carbonyl (C=O) groups is 2. The summed E-state index contributed by atoms with van der Waals surface area (Å²) in [5, 5.41) is 6.24.